The van der Waals surface area contributed by atoms with Gasteiger partial charge < -0.3 is 20.5 Å². The van der Waals surface area contributed by atoms with Gasteiger partial charge in [-0.05, 0) is 0 Å². The average molecular weight is 320 g/mol. The van der Waals surface area contributed by atoms with Crippen LogP contribution in [0.1, 0.15) is 0 Å². The van der Waals surface area contributed by atoms with Crippen molar-refractivity contribution in [2.45, 2.75) is 12.1 Å². The lowest BCUT2D eigenvalue weighted by atomic mass is 10.4. The Hall–Kier alpha value is 0.220. The van der Waals surface area contributed by atoms with Gasteiger partial charge in [-0.25, -0.2) is 0 Å². The van der Waals surface area contributed by atoms with Gasteiger partial charge in [0.1, 0.15) is 16.4 Å². The number of carbonyl (C=O) groups is 2. The molecule has 0 spiro atoms. The van der Waals surface area contributed by atoms with E-state index in [2.05, 4.69) is 16.4 Å². The number of nitrogens with two attached hydrogens (primary N) is 1. The molecule has 0 aliphatic rings. The molecule has 5 N–H and O–H groups in total. The highest BCUT2D eigenvalue weighted by Crippen LogP contribution is 2.22. The molecule has 0 bridgehead atoms. The van der Waals surface area contributed by atoms with Crippen molar-refractivity contribution < 1.29 is 24.4 Å². The van der Waals surface area contributed by atoms with Crippen molar-refractivity contribution in [3.63, 3.8) is 0 Å². The van der Waals surface area contributed by atoms with Gasteiger partial charge in [-0.15, -0.1) is 4.72 Å². The van der Waals surface area contributed by atoms with Gasteiger partial charge >= 0.3 is 11.9 Å². The zero-order chi connectivity index (χ0) is 13.4. The molecule has 3 atom stereocenters. The van der Waals surface area contributed by atoms with E-state index in [1.54, 1.807) is 0 Å². The number of rotatable bonds is 9. The Morgan fingerprint density at radius 2 is 1.88 bits per heavy atom. The molecule has 0 aliphatic heterocycles. The summed E-state index contributed by atoms with van der Waals surface area (Å²) in [6.07, 6.45) is 0. The van der Waals surface area contributed by atoms with Gasteiger partial charge in [-0.3, -0.25) is 9.59 Å². The van der Waals surface area contributed by atoms with E-state index in [9.17, 15) is 14.1 Å². The SMILES string of the molecule is NC(CSSC[C@H](N[S+]([O-])S)C(=O)O)C(=O)O. The van der Waals surface area contributed by atoms with Crippen molar-refractivity contribution in [2.75, 3.05) is 11.5 Å². The van der Waals surface area contributed by atoms with Crippen LogP contribution in [-0.4, -0.2) is 50.3 Å². The number of aliphatic carboxylic acids is 2. The second-order valence-electron chi connectivity index (χ2n) is 2.77. The van der Waals surface area contributed by atoms with E-state index in [4.69, 9.17) is 15.9 Å². The fourth-order valence-corrected chi connectivity index (χ4v) is 3.77. The second-order valence-corrected chi connectivity index (χ2v) is 7.05. The molecule has 0 saturated carbocycles. The average Bonchev–Trinajstić information content (AvgIpc) is 2.21. The molecule has 0 amide bonds. The Bertz CT molecular complexity index is 267. The molecular weight excluding hydrogens is 308 g/mol. The van der Waals surface area contributed by atoms with E-state index in [0.29, 0.717) is 0 Å². The van der Waals surface area contributed by atoms with Crippen molar-refractivity contribution >= 4 is 55.6 Å². The highest BCUT2D eigenvalue weighted by atomic mass is 33.1. The Kier molecular flexibility index (Phi) is 9.31. The summed E-state index contributed by atoms with van der Waals surface area (Å²) in [5.74, 6) is -1.97. The van der Waals surface area contributed by atoms with Crippen LogP contribution >= 0.6 is 33.2 Å². The number of nitrogens with one attached hydrogen (secondary N) is 1. The van der Waals surface area contributed by atoms with Gasteiger partial charge in [0.2, 0.25) is 0 Å². The Morgan fingerprint density at radius 3 is 2.29 bits per heavy atom. The minimum Gasteiger partial charge on any atom is -0.587 e. The van der Waals surface area contributed by atoms with Gasteiger partial charge in [0, 0.05) is 11.5 Å². The first-order valence-corrected chi connectivity index (χ1v) is 8.86. The van der Waals surface area contributed by atoms with Crippen molar-refractivity contribution in [3.05, 3.63) is 0 Å². The maximum Gasteiger partial charge on any atom is 0.326 e. The summed E-state index contributed by atoms with van der Waals surface area (Å²) in [6.45, 7) is 0. The summed E-state index contributed by atoms with van der Waals surface area (Å²) >= 11 is 3.52. The third-order valence-electron chi connectivity index (χ3n) is 1.42. The van der Waals surface area contributed by atoms with Crippen LogP contribution in [0.3, 0.4) is 0 Å². The van der Waals surface area contributed by atoms with Crippen LogP contribution in [0.4, 0.5) is 0 Å². The quantitative estimate of drug-likeness (QED) is 0.162. The molecule has 17 heavy (non-hydrogen) atoms. The summed E-state index contributed by atoms with van der Waals surface area (Å²) in [4.78, 5) is 21.1. The van der Waals surface area contributed by atoms with Crippen molar-refractivity contribution in [1.82, 2.24) is 4.72 Å². The van der Waals surface area contributed by atoms with Gasteiger partial charge in [-0.2, -0.15) is 0 Å². The molecule has 0 radical (unpaired) electrons. The van der Waals surface area contributed by atoms with Crippen LogP contribution in [0.25, 0.3) is 0 Å². The second kappa shape index (κ2) is 9.19. The molecule has 0 aromatic carbocycles. The van der Waals surface area contributed by atoms with Crippen molar-refractivity contribution in [2.24, 2.45) is 5.73 Å². The van der Waals surface area contributed by atoms with E-state index < -0.39 is 34.4 Å². The number of hydrogen-bond acceptors (Lipinski definition) is 8. The van der Waals surface area contributed by atoms with Gasteiger partial charge in [0.15, 0.2) is 6.04 Å². The van der Waals surface area contributed by atoms with Crippen LogP contribution < -0.4 is 10.5 Å². The highest BCUT2D eigenvalue weighted by Gasteiger charge is 2.22. The molecular formula is C6H12N2O5S4. The summed E-state index contributed by atoms with van der Waals surface area (Å²) in [5, 5.41) is 17.2. The lowest BCUT2D eigenvalue weighted by Gasteiger charge is -2.12. The molecule has 2 unspecified atom stereocenters. The van der Waals surface area contributed by atoms with Gasteiger partial charge in [0.05, 0.1) is 11.7 Å². The third kappa shape index (κ3) is 8.88. The number of carboxylic acids is 2. The summed E-state index contributed by atoms with van der Waals surface area (Å²) in [6, 6.07) is -1.99. The molecule has 0 rings (SSSR count). The van der Waals surface area contributed by atoms with Crippen molar-refractivity contribution in [3.8, 4) is 0 Å². The molecule has 11 heteroatoms. The first kappa shape index (κ1) is 17.2. The van der Waals surface area contributed by atoms with Crippen LogP contribution in [0.2, 0.25) is 0 Å². The molecule has 0 saturated heterocycles. The smallest absolute Gasteiger partial charge is 0.326 e. The normalized spacial score (nSPS) is 16.2. The Morgan fingerprint density at radius 1 is 1.35 bits per heavy atom. The number of carboxylic acid groups (broad SMARTS) is 2. The summed E-state index contributed by atoms with van der Waals surface area (Å²) in [7, 11) is 0.570. The number of thiol groups is 1. The van der Waals surface area contributed by atoms with Crippen LogP contribution in [-0.2, 0) is 20.0 Å². The fraction of sp³-hybridized carbons (Fsp3) is 0.667. The maximum atomic E-state index is 10.7. The van der Waals surface area contributed by atoms with Gasteiger partial charge in [-0.1, -0.05) is 21.6 Å². The van der Waals surface area contributed by atoms with E-state index in [1.807, 2.05) is 0 Å². The monoisotopic (exact) mass is 320 g/mol. The number of hydrogen-bond donors (Lipinski definition) is 5. The zero-order valence-electron chi connectivity index (χ0n) is 8.44. The van der Waals surface area contributed by atoms with E-state index >= 15 is 0 Å². The summed E-state index contributed by atoms with van der Waals surface area (Å²) < 4.78 is 12.9. The first-order chi connectivity index (χ1) is 7.84. The predicted molar refractivity (Wildman–Crippen MR) is 72.2 cm³/mol. The van der Waals surface area contributed by atoms with Crippen LogP contribution in [0, 0.1) is 0 Å². The molecule has 0 aromatic rings. The topological polar surface area (TPSA) is 136 Å². The van der Waals surface area contributed by atoms with Crippen LogP contribution in [0.15, 0.2) is 0 Å². The first-order valence-electron chi connectivity index (χ1n) is 4.17. The Labute approximate surface area is 114 Å². The molecule has 0 aliphatic carbocycles. The summed E-state index contributed by atoms with van der Waals surface area (Å²) in [5.41, 5.74) is 5.25. The minimum atomic E-state index is -1.72. The Balaban J connectivity index is 3.83. The largest absolute Gasteiger partial charge is 0.587 e. The highest BCUT2D eigenvalue weighted by molar-refractivity contribution is 8.76. The standard InChI is InChI=1S/C6H12N2O5S4/c7-3(5(9)10)1-15-16-2-4(6(11)12)8-17(13)14/h3-4,8H,1-2,7H2,(H,9,10)(H,11,12)(H,13,14)/t3?,4-,17?/m0/s1. The van der Waals surface area contributed by atoms with E-state index in [1.165, 1.54) is 0 Å². The van der Waals surface area contributed by atoms with Crippen LogP contribution in [0.5, 0.6) is 0 Å². The molecule has 100 valence electrons. The molecule has 0 heterocycles. The molecule has 0 fully saturated rings. The minimum absolute atomic E-state index is 0.124. The molecule has 7 nitrogen and oxygen atoms in total. The van der Waals surface area contributed by atoms with E-state index in [0.717, 1.165) is 21.6 Å². The fourth-order valence-electron chi connectivity index (χ4n) is 0.586. The van der Waals surface area contributed by atoms with Crippen molar-refractivity contribution in [1.29, 1.82) is 0 Å². The maximum absolute atomic E-state index is 10.7. The predicted octanol–water partition coefficient (Wildman–Crippen LogP) is -0.669. The molecule has 0 aromatic heterocycles. The lowest BCUT2D eigenvalue weighted by Crippen LogP contribution is -2.40. The van der Waals surface area contributed by atoms with Gasteiger partial charge in [0.25, 0.3) is 0 Å². The zero-order valence-corrected chi connectivity index (χ0v) is 11.8. The lowest BCUT2D eigenvalue weighted by molar-refractivity contribution is -0.139. The van der Waals surface area contributed by atoms with E-state index in [-0.39, 0.29) is 11.5 Å². The third-order valence-corrected chi connectivity index (χ3v) is 4.67.